The molecule has 1 aliphatic rings. The van der Waals surface area contributed by atoms with Crippen molar-refractivity contribution in [1.82, 2.24) is 0 Å². The molecule has 0 atom stereocenters. The molecular weight excluding hydrogens is 145 g/mol. The van der Waals surface area contributed by atoms with Gasteiger partial charge in [0.15, 0.2) is 0 Å². The van der Waals surface area contributed by atoms with Crippen LogP contribution >= 0.6 is 0 Å². The molecule has 0 aliphatic heterocycles. The van der Waals surface area contributed by atoms with Crippen LogP contribution in [-0.2, 0) is 4.74 Å². The fraction of sp³-hybridized carbons (Fsp3) is 1.00. The Morgan fingerprint density at radius 2 is 1.80 bits per heavy atom. The average molecular weight is 154 g/mol. The maximum Gasteiger partial charge on any atom is 0.522 e. The van der Waals surface area contributed by atoms with Crippen molar-refractivity contribution in [2.45, 2.75) is 32.2 Å². The minimum Gasteiger partial charge on any atom is -0.289 e. The first kappa shape index (κ1) is 7.85. The number of rotatable bonds is 1. The molecule has 0 N–H and O–H groups in total. The summed E-state index contributed by atoms with van der Waals surface area (Å²) in [4.78, 5) is 0. The molecule has 0 aromatic heterocycles. The molecule has 0 spiro atoms. The number of ether oxygens (including phenoxy) is 1. The number of hydrogen-bond acceptors (Lipinski definition) is 1. The Kier molecular flexibility index (Phi) is 1.90. The van der Waals surface area contributed by atoms with E-state index in [4.69, 9.17) is 0 Å². The Morgan fingerprint density at radius 3 is 2.10 bits per heavy atom. The lowest BCUT2D eigenvalue weighted by Gasteiger charge is -2.32. The maximum absolute atomic E-state index is 11.4. The van der Waals surface area contributed by atoms with Crippen molar-refractivity contribution in [3.05, 3.63) is 0 Å². The third-order valence-corrected chi connectivity index (χ3v) is 1.63. The van der Waals surface area contributed by atoms with Crippen LogP contribution in [0.1, 0.15) is 19.8 Å². The summed E-state index contributed by atoms with van der Waals surface area (Å²) in [5.74, 6) is 0.396. The third kappa shape index (κ3) is 2.17. The summed E-state index contributed by atoms with van der Waals surface area (Å²) in [5.41, 5.74) is 0. The molecule has 0 unspecified atom stereocenters. The van der Waals surface area contributed by atoms with Gasteiger partial charge in [-0.3, -0.25) is 4.74 Å². The van der Waals surface area contributed by atoms with Gasteiger partial charge in [0.25, 0.3) is 0 Å². The lowest BCUT2D eigenvalue weighted by Crippen LogP contribution is -2.34. The van der Waals surface area contributed by atoms with Crippen molar-refractivity contribution in [3.8, 4) is 0 Å². The highest BCUT2D eigenvalue weighted by Gasteiger charge is 2.38. The molecule has 0 saturated heterocycles. The minimum atomic E-state index is -4.44. The Morgan fingerprint density at radius 1 is 1.30 bits per heavy atom. The van der Waals surface area contributed by atoms with Crippen LogP contribution in [-0.4, -0.2) is 12.5 Å². The van der Waals surface area contributed by atoms with Gasteiger partial charge in [0.1, 0.15) is 0 Å². The van der Waals surface area contributed by atoms with Crippen LogP contribution in [0.5, 0.6) is 0 Å². The number of halogens is 3. The number of alkyl halides is 3. The summed E-state index contributed by atoms with van der Waals surface area (Å²) in [6, 6.07) is 0. The van der Waals surface area contributed by atoms with E-state index in [-0.39, 0.29) is 0 Å². The molecule has 1 aliphatic carbocycles. The van der Waals surface area contributed by atoms with Gasteiger partial charge in [0.2, 0.25) is 0 Å². The summed E-state index contributed by atoms with van der Waals surface area (Å²) in [5, 5.41) is 0. The summed E-state index contributed by atoms with van der Waals surface area (Å²) >= 11 is 0. The average Bonchev–Trinajstić information content (AvgIpc) is 1.57. The Bertz CT molecular complexity index is 115. The topological polar surface area (TPSA) is 9.23 Å². The van der Waals surface area contributed by atoms with Crippen LogP contribution in [0.25, 0.3) is 0 Å². The van der Waals surface area contributed by atoms with Crippen molar-refractivity contribution in [2.24, 2.45) is 5.92 Å². The van der Waals surface area contributed by atoms with Gasteiger partial charge in [-0.1, -0.05) is 6.92 Å². The highest BCUT2D eigenvalue weighted by atomic mass is 19.4. The zero-order chi connectivity index (χ0) is 7.78. The van der Waals surface area contributed by atoms with Gasteiger partial charge >= 0.3 is 6.36 Å². The van der Waals surface area contributed by atoms with Gasteiger partial charge < -0.3 is 0 Å². The van der Waals surface area contributed by atoms with Gasteiger partial charge in [-0.05, 0) is 18.8 Å². The molecule has 0 aromatic rings. The SMILES string of the molecule is CC1CC(OC(F)(F)F)C1. The summed E-state index contributed by atoms with van der Waals surface area (Å²) < 4.78 is 38.0. The van der Waals surface area contributed by atoms with Crippen molar-refractivity contribution in [3.63, 3.8) is 0 Å². The first-order valence-electron chi connectivity index (χ1n) is 3.22. The quantitative estimate of drug-likeness (QED) is 0.563. The molecule has 0 bridgehead atoms. The van der Waals surface area contributed by atoms with Crippen LogP contribution in [0.2, 0.25) is 0 Å². The van der Waals surface area contributed by atoms with Crippen LogP contribution in [0.15, 0.2) is 0 Å². The van der Waals surface area contributed by atoms with E-state index in [0.717, 1.165) is 0 Å². The van der Waals surface area contributed by atoms with Crippen molar-refractivity contribution in [2.75, 3.05) is 0 Å². The maximum atomic E-state index is 11.4. The van der Waals surface area contributed by atoms with Crippen LogP contribution < -0.4 is 0 Å². The highest BCUT2D eigenvalue weighted by molar-refractivity contribution is 4.76. The smallest absolute Gasteiger partial charge is 0.289 e. The molecular formula is C6H9F3O. The summed E-state index contributed by atoms with van der Waals surface area (Å²) in [6.45, 7) is 1.91. The molecule has 60 valence electrons. The van der Waals surface area contributed by atoms with Gasteiger partial charge in [-0.25, -0.2) is 0 Å². The first-order valence-corrected chi connectivity index (χ1v) is 3.22. The first-order chi connectivity index (χ1) is 4.47. The molecule has 0 heterocycles. The van der Waals surface area contributed by atoms with E-state index < -0.39 is 12.5 Å². The molecule has 0 amide bonds. The molecule has 10 heavy (non-hydrogen) atoms. The number of hydrogen-bond donors (Lipinski definition) is 0. The van der Waals surface area contributed by atoms with E-state index in [9.17, 15) is 13.2 Å². The van der Waals surface area contributed by atoms with E-state index in [2.05, 4.69) is 4.74 Å². The second kappa shape index (κ2) is 2.42. The molecule has 0 radical (unpaired) electrons. The van der Waals surface area contributed by atoms with E-state index in [0.29, 0.717) is 18.8 Å². The van der Waals surface area contributed by atoms with Gasteiger partial charge in [0.05, 0.1) is 6.10 Å². The highest BCUT2D eigenvalue weighted by Crippen LogP contribution is 2.33. The van der Waals surface area contributed by atoms with E-state index >= 15 is 0 Å². The fourth-order valence-corrected chi connectivity index (χ4v) is 1.11. The Hall–Kier alpha value is -0.250. The molecule has 1 nitrogen and oxygen atoms in total. The lowest BCUT2D eigenvalue weighted by molar-refractivity contribution is -0.353. The van der Waals surface area contributed by atoms with Gasteiger partial charge in [-0.2, -0.15) is 0 Å². The summed E-state index contributed by atoms with van der Waals surface area (Å²) in [6.07, 6.45) is -3.93. The third-order valence-electron chi connectivity index (χ3n) is 1.63. The molecule has 1 rings (SSSR count). The zero-order valence-electron chi connectivity index (χ0n) is 5.61. The van der Waals surface area contributed by atoms with E-state index in [1.165, 1.54) is 0 Å². The van der Waals surface area contributed by atoms with E-state index in [1.807, 2.05) is 6.92 Å². The molecule has 4 heteroatoms. The van der Waals surface area contributed by atoms with E-state index in [1.54, 1.807) is 0 Å². The van der Waals surface area contributed by atoms with Crippen molar-refractivity contribution < 1.29 is 17.9 Å². The minimum absolute atomic E-state index is 0.396. The van der Waals surface area contributed by atoms with Crippen LogP contribution in [0, 0.1) is 5.92 Å². The predicted octanol–water partition coefficient (Wildman–Crippen LogP) is 2.32. The lowest BCUT2D eigenvalue weighted by atomic mass is 9.84. The van der Waals surface area contributed by atoms with Crippen molar-refractivity contribution >= 4 is 0 Å². The molecule has 1 saturated carbocycles. The van der Waals surface area contributed by atoms with Crippen molar-refractivity contribution in [1.29, 1.82) is 0 Å². The second-order valence-corrected chi connectivity index (χ2v) is 2.76. The Balaban J connectivity index is 2.16. The predicted molar refractivity (Wildman–Crippen MR) is 29.3 cm³/mol. The summed E-state index contributed by atoms with van der Waals surface area (Å²) in [7, 11) is 0. The van der Waals surface area contributed by atoms with Crippen LogP contribution in [0.3, 0.4) is 0 Å². The standard InChI is InChI=1S/C6H9F3O/c1-4-2-5(3-4)10-6(7,8)9/h4-5H,2-3H2,1H3. The zero-order valence-corrected chi connectivity index (χ0v) is 5.61. The van der Waals surface area contributed by atoms with Gasteiger partial charge in [-0.15, -0.1) is 13.2 Å². The Labute approximate surface area is 57.2 Å². The second-order valence-electron chi connectivity index (χ2n) is 2.76. The van der Waals surface area contributed by atoms with Crippen LogP contribution in [0.4, 0.5) is 13.2 Å². The monoisotopic (exact) mass is 154 g/mol. The largest absolute Gasteiger partial charge is 0.522 e. The molecule has 1 fully saturated rings. The van der Waals surface area contributed by atoms with Gasteiger partial charge in [0, 0.05) is 0 Å². The fourth-order valence-electron chi connectivity index (χ4n) is 1.11. The molecule has 0 aromatic carbocycles. The normalized spacial score (nSPS) is 33.6.